The highest BCUT2D eigenvalue weighted by Gasteiger charge is 2.21. The molecule has 0 aliphatic carbocycles. The number of carbonyl (C=O) groups is 1. The number of hydrogen-bond acceptors (Lipinski definition) is 3. The standard InChI is InChI=1S/C19H12BrNO2S/c20-13-5-3-4-12(10-13)16-9-8-14(23-16)11-18-19(22)21-15-6-1-2-7-17(15)24-18/h1-11H,(H,21,22)/b18-11-. The van der Waals surface area contributed by atoms with Crippen LogP contribution in [0.2, 0.25) is 0 Å². The first-order valence-electron chi connectivity index (χ1n) is 7.35. The summed E-state index contributed by atoms with van der Waals surface area (Å²) in [5.74, 6) is 1.31. The summed E-state index contributed by atoms with van der Waals surface area (Å²) in [5.41, 5.74) is 1.83. The maximum absolute atomic E-state index is 12.2. The Hall–Kier alpha value is -2.24. The highest BCUT2D eigenvalue weighted by molar-refractivity contribution is 9.10. The monoisotopic (exact) mass is 397 g/mol. The van der Waals surface area contributed by atoms with E-state index in [1.165, 1.54) is 11.8 Å². The lowest BCUT2D eigenvalue weighted by atomic mass is 10.2. The van der Waals surface area contributed by atoms with Crippen molar-refractivity contribution in [1.29, 1.82) is 0 Å². The molecule has 0 fully saturated rings. The van der Waals surface area contributed by atoms with Crippen LogP contribution >= 0.6 is 27.7 Å². The summed E-state index contributed by atoms with van der Waals surface area (Å²) in [6, 6.07) is 19.4. The number of carbonyl (C=O) groups excluding carboxylic acids is 1. The number of nitrogens with one attached hydrogen (secondary N) is 1. The molecule has 1 N–H and O–H groups in total. The number of anilines is 1. The molecule has 0 spiro atoms. The smallest absolute Gasteiger partial charge is 0.262 e. The quantitative estimate of drug-likeness (QED) is 0.556. The minimum absolute atomic E-state index is 0.112. The van der Waals surface area contributed by atoms with Gasteiger partial charge in [0.25, 0.3) is 5.91 Å². The molecule has 4 rings (SSSR count). The number of fused-ring (bicyclic) bond motifs is 1. The van der Waals surface area contributed by atoms with E-state index in [0.717, 1.165) is 26.4 Å². The van der Waals surface area contributed by atoms with Crippen LogP contribution < -0.4 is 5.32 Å². The third kappa shape index (κ3) is 3.05. The Balaban J connectivity index is 1.64. The number of thioether (sulfide) groups is 1. The van der Waals surface area contributed by atoms with Crippen LogP contribution in [0.15, 0.2) is 79.4 Å². The van der Waals surface area contributed by atoms with Gasteiger partial charge in [0.15, 0.2) is 0 Å². The Bertz CT molecular complexity index is 961. The zero-order valence-corrected chi connectivity index (χ0v) is 14.9. The Labute approximate surface area is 151 Å². The van der Waals surface area contributed by atoms with Gasteiger partial charge in [0.1, 0.15) is 11.5 Å². The fourth-order valence-corrected chi connectivity index (χ4v) is 3.79. The number of furan rings is 1. The lowest BCUT2D eigenvalue weighted by Crippen LogP contribution is -2.16. The molecular formula is C19H12BrNO2S. The van der Waals surface area contributed by atoms with Crippen molar-refractivity contribution in [1.82, 2.24) is 0 Å². The Kier molecular flexibility index (Phi) is 4.04. The van der Waals surface area contributed by atoms with Gasteiger partial charge in [-0.15, -0.1) is 0 Å². The van der Waals surface area contributed by atoms with Gasteiger partial charge in [0, 0.05) is 21.0 Å². The molecular weight excluding hydrogens is 386 g/mol. The van der Waals surface area contributed by atoms with Gasteiger partial charge in [0.2, 0.25) is 0 Å². The molecule has 3 nitrogen and oxygen atoms in total. The van der Waals surface area contributed by atoms with Gasteiger partial charge in [-0.3, -0.25) is 4.79 Å². The molecule has 2 heterocycles. The highest BCUT2D eigenvalue weighted by Crippen LogP contribution is 2.39. The van der Waals surface area contributed by atoms with Crippen molar-refractivity contribution in [2.45, 2.75) is 4.90 Å². The van der Waals surface area contributed by atoms with E-state index in [1.54, 1.807) is 6.08 Å². The molecule has 3 aromatic rings. The van der Waals surface area contributed by atoms with Crippen molar-refractivity contribution >= 4 is 45.4 Å². The van der Waals surface area contributed by atoms with Crippen LogP contribution in [-0.2, 0) is 4.79 Å². The summed E-state index contributed by atoms with van der Waals surface area (Å²) < 4.78 is 6.87. The number of para-hydroxylation sites is 1. The van der Waals surface area contributed by atoms with Crippen LogP contribution in [-0.4, -0.2) is 5.91 Å². The van der Waals surface area contributed by atoms with Crippen LogP contribution in [0, 0.1) is 0 Å². The SMILES string of the molecule is O=C1Nc2ccccc2S/C1=C\c1ccc(-c2cccc(Br)c2)o1. The van der Waals surface area contributed by atoms with E-state index in [2.05, 4.69) is 21.2 Å². The molecule has 0 unspecified atom stereocenters. The second-order valence-electron chi connectivity index (χ2n) is 5.27. The van der Waals surface area contributed by atoms with Gasteiger partial charge in [-0.1, -0.05) is 52.0 Å². The second-order valence-corrected chi connectivity index (χ2v) is 7.27. The number of halogens is 1. The molecule has 1 aliphatic rings. The molecule has 0 atom stereocenters. The first-order valence-corrected chi connectivity index (χ1v) is 8.96. The van der Waals surface area contributed by atoms with E-state index in [-0.39, 0.29) is 5.91 Å². The predicted molar refractivity (Wildman–Crippen MR) is 101 cm³/mol. The molecule has 0 saturated heterocycles. The minimum Gasteiger partial charge on any atom is -0.457 e. The van der Waals surface area contributed by atoms with E-state index < -0.39 is 0 Å². The summed E-state index contributed by atoms with van der Waals surface area (Å²) in [6.45, 7) is 0. The molecule has 1 aromatic heterocycles. The van der Waals surface area contributed by atoms with Gasteiger partial charge in [0.05, 0.1) is 10.6 Å². The third-order valence-electron chi connectivity index (χ3n) is 3.59. The number of benzene rings is 2. The van der Waals surface area contributed by atoms with Gasteiger partial charge in [-0.2, -0.15) is 0 Å². The van der Waals surface area contributed by atoms with Crippen LogP contribution in [0.25, 0.3) is 17.4 Å². The Morgan fingerprint density at radius 1 is 1.04 bits per heavy atom. The van der Waals surface area contributed by atoms with Crippen LogP contribution in [0.4, 0.5) is 5.69 Å². The Morgan fingerprint density at radius 3 is 2.79 bits per heavy atom. The van der Waals surface area contributed by atoms with Crippen molar-refractivity contribution in [3.63, 3.8) is 0 Å². The van der Waals surface area contributed by atoms with Crippen LogP contribution in [0.1, 0.15) is 5.76 Å². The molecule has 0 bridgehead atoms. The van der Waals surface area contributed by atoms with Crippen molar-refractivity contribution in [3.05, 3.63) is 75.8 Å². The summed E-state index contributed by atoms with van der Waals surface area (Å²) >= 11 is 4.91. The van der Waals surface area contributed by atoms with Crippen molar-refractivity contribution in [2.24, 2.45) is 0 Å². The zero-order valence-electron chi connectivity index (χ0n) is 12.5. The van der Waals surface area contributed by atoms with Crippen molar-refractivity contribution in [2.75, 3.05) is 5.32 Å². The summed E-state index contributed by atoms with van der Waals surface area (Å²) in [6.07, 6.45) is 1.78. The average molecular weight is 398 g/mol. The zero-order chi connectivity index (χ0) is 16.5. The fourth-order valence-electron chi connectivity index (χ4n) is 2.46. The number of hydrogen-bond donors (Lipinski definition) is 1. The first kappa shape index (κ1) is 15.3. The topological polar surface area (TPSA) is 42.2 Å². The van der Waals surface area contributed by atoms with Gasteiger partial charge >= 0.3 is 0 Å². The maximum Gasteiger partial charge on any atom is 0.262 e. The van der Waals surface area contributed by atoms with Crippen LogP contribution in [0.5, 0.6) is 0 Å². The average Bonchev–Trinajstić information content (AvgIpc) is 3.04. The summed E-state index contributed by atoms with van der Waals surface area (Å²) in [5, 5.41) is 2.90. The second kappa shape index (κ2) is 6.34. The van der Waals surface area contributed by atoms with Gasteiger partial charge in [-0.25, -0.2) is 0 Å². The first-order chi connectivity index (χ1) is 11.7. The van der Waals surface area contributed by atoms with Gasteiger partial charge < -0.3 is 9.73 Å². The van der Waals surface area contributed by atoms with Crippen LogP contribution in [0.3, 0.4) is 0 Å². The molecule has 5 heteroatoms. The van der Waals surface area contributed by atoms with Crippen molar-refractivity contribution in [3.8, 4) is 11.3 Å². The van der Waals surface area contributed by atoms with E-state index in [0.29, 0.717) is 10.7 Å². The molecule has 0 saturated carbocycles. The fraction of sp³-hybridized carbons (Fsp3) is 0. The maximum atomic E-state index is 12.2. The minimum atomic E-state index is -0.112. The van der Waals surface area contributed by atoms with E-state index >= 15 is 0 Å². The molecule has 1 aliphatic heterocycles. The normalized spacial score (nSPS) is 15.2. The number of amides is 1. The molecule has 1 amide bonds. The van der Waals surface area contributed by atoms with Gasteiger partial charge in [-0.05, 0) is 36.4 Å². The predicted octanol–water partition coefficient (Wildman–Crippen LogP) is 5.79. The molecule has 2 aromatic carbocycles. The molecule has 118 valence electrons. The lowest BCUT2D eigenvalue weighted by Gasteiger charge is -2.17. The van der Waals surface area contributed by atoms with E-state index in [9.17, 15) is 4.79 Å². The summed E-state index contributed by atoms with van der Waals surface area (Å²) in [7, 11) is 0. The lowest BCUT2D eigenvalue weighted by molar-refractivity contribution is -0.112. The number of rotatable bonds is 2. The van der Waals surface area contributed by atoms with E-state index in [4.69, 9.17) is 4.42 Å². The summed E-state index contributed by atoms with van der Waals surface area (Å²) in [4.78, 5) is 13.9. The molecule has 0 radical (unpaired) electrons. The van der Waals surface area contributed by atoms with E-state index in [1.807, 2.05) is 60.7 Å². The van der Waals surface area contributed by atoms with Crippen molar-refractivity contribution < 1.29 is 9.21 Å². The third-order valence-corrected chi connectivity index (χ3v) is 5.18. The Morgan fingerprint density at radius 2 is 1.92 bits per heavy atom. The molecule has 24 heavy (non-hydrogen) atoms. The highest BCUT2D eigenvalue weighted by atomic mass is 79.9. The largest absolute Gasteiger partial charge is 0.457 e.